The molecular formula is C9H8BrFO. The second-order valence-electron chi connectivity index (χ2n) is 2.79. The summed E-state index contributed by atoms with van der Waals surface area (Å²) < 4.78 is 18.5. The lowest BCUT2D eigenvalue weighted by molar-refractivity contribution is 0.356. The molecule has 0 aromatic heterocycles. The SMILES string of the molecule is Fc1cc(CBr)cc2c1CCO2. The number of fused-ring (bicyclic) bond motifs is 1. The first-order valence-electron chi connectivity index (χ1n) is 3.81. The minimum atomic E-state index is -0.139. The molecule has 0 saturated carbocycles. The van der Waals surface area contributed by atoms with E-state index in [4.69, 9.17) is 4.74 Å². The van der Waals surface area contributed by atoms with Crippen molar-refractivity contribution in [3.63, 3.8) is 0 Å². The summed E-state index contributed by atoms with van der Waals surface area (Å²) in [5.41, 5.74) is 1.65. The highest BCUT2D eigenvalue weighted by Crippen LogP contribution is 2.29. The van der Waals surface area contributed by atoms with Crippen LogP contribution in [0.1, 0.15) is 11.1 Å². The third-order valence-corrected chi connectivity index (χ3v) is 2.63. The maximum Gasteiger partial charge on any atom is 0.130 e. The van der Waals surface area contributed by atoms with Gasteiger partial charge in [0.05, 0.1) is 6.61 Å². The lowest BCUT2D eigenvalue weighted by Gasteiger charge is -2.02. The van der Waals surface area contributed by atoms with E-state index in [1.165, 1.54) is 0 Å². The lowest BCUT2D eigenvalue weighted by atomic mass is 10.1. The fourth-order valence-electron chi connectivity index (χ4n) is 1.38. The van der Waals surface area contributed by atoms with E-state index in [9.17, 15) is 4.39 Å². The summed E-state index contributed by atoms with van der Waals surface area (Å²) in [5, 5.41) is 0.667. The van der Waals surface area contributed by atoms with Crippen molar-refractivity contribution in [1.29, 1.82) is 0 Å². The highest BCUT2D eigenvalue weighted by atomic mass is 79.9. The standard InChI is InChI=1S/C9H8BrFO/c10-5-6-3-8(11)7-1-2-12-9(7)4-6/h3-4H,1-2,5H2. The van der Waals surface area contributed by atoms with Crippen molar-refractivity contribution in [3.8, 4) is 5.75 Å². The number of benzene rings is 1. The number of alkyl halides is 1. The van der Waals surface area contributed by atoms with Gasteiger partial charge in [-0.25, -0.2) is 4.39 Å². The van der Waals surface area contributed by atoms with Crippen LogP contribution in [-0.2, 0) is 11.8 Å². The molecule has 0 amide bonds. The summed E-state index contributed by atoms with van der Waals surface area (Å²) in [6.45, 7) is 0.609. The molecule has 64 valence electrons. The van der Waals surface area contributed by atoms with Gasteiger partial charge in [-0.3, -0.25) is 0 Å². The van der Waals surface area contributed by atoms with Gasteiger partial charge in [-0.2, -0.15) is 0 Å². The highest BCUT2D eigenvalue weighted by Gasteiger charge is 2.17. The molecule has 1 aromatic rings. The number of halogens is 2. The minimum absolute atomic E-state index is 0.139. The van der Waals surface area contributed by atoms with Gasteiger partial charge in [-0.05, 0) is 17.7 Å². The molecule has 3 heteroatoms. The molecule has 1 nitrogen and oxygen atoms in total. The molecule has 0 spiro atoms. The monoisotopic (exact) mass is 230 g/mol. The fourth-order valence-corrected chi connectivity index (χ4v) is 1.70. The van der Waals surface area contributed by atoms with Gasteiger partial charge < -0.3 is 4.74 Å². The molecule has 12 heavy (non-hydrogen) atoms. The van der Waals surface area contributed by atoms with E-state index in [1.807, 2.05) is 6.07 Å². The summed E-state index contributed by atoms with van der Waals surface area (Å²) in [5.74, 6) is 0.573. The summed E-state index contributed by atoms with van der Waals surface area (Å²) in [6.07, 6.45) is 0.698. The molecular weight excluding hydrogens is 223 g/mol. The maximum atomic E-state index is 13.2. The predicted octanol–water partition coefficient (Wildman–Crippen LogP) is 2.66. The van der Waals surface area contributed by atoms with Crippen LogP contribution in [0.25, 0.3) is 0 Å². The molecule has 2 rings (SSSR count). The van der Waals surface area contributed by atoms with E-state index in [1.54, 1.807) is 6.07 Å². The zero-order chi connectivity index (χ0) is 8.55. The van der Waals surface area contributed by atoms with Gasteiger partial charge in [0.15, 0.2) is 0 Å². The third-order valence-electron chi connectivity index (χ3n) is 1.98. The first-order chi connectivity index (χ1) is 5.81. The third kappa shape index (κ3) is 1.22. The number of hydrogen-bond acceptors (Lipinski definition) is 1. The minimum Gasteiger partial charge on any atom is -0.493 e. The van der Waals surface area contributed by atoms with Crippen LogP contribution in [0, 0.1) is 5.82 Å². The average Bonchev–Trinajstić information content (AvgIpc) is 2.52. The first kappa shape index (κ1) is 8.05. The number of hydrogen-bond donors (Lipinski definition) is 0. The van der Waals surface area contributed by atoms with Crippen molar-refractivity contribution in [2.45, 2.75) is 11.8 Å². The summed E-state index contributed by atoms with van der Waals surface area (Å²) >= 11 is 3.28. The molecule has 0 radical (unpaired) electrons. The second-order valence-corrected chi connectivity index (χ2v) is 3.35. The van der Waals surface area contributed by atoms with Gasteiger partial charge in [0.2, 0.25) is 0 Å². The quantitative estimate of drug-likeness (QED) is 0.675. The molecule has 0 atom stereocenters. The highest BCUT2D eigenvalue weighted by molar-refractivity contribution is 9.08. The summed E-state index contributed by atoms with van der Waals surface area (Å²) in [7, 11) is 0. The Morgan fingerprint density at radius 3 is 3.08 bits per heavy atom. The molecule has 0 bridgehead atoms. The van der Waals surface area contributed by atoms with Crippen LogP contribution >= 0.6 is 15.9 Å². The van der Waals surface area contributed by atoms with E-state index in [-0.39, 0.29) is 5.82 Å². The smallest absolute Gasteiger partial charge is 0.130 e. The van der Waals surface area contributed by atoms with E-state index in [0.717, 1.165) is 11.1 Å². The molecule has 0 aliphatic carbocycles. The fraction of sp³-hybridized carbons (Fsp3) is 0.333. The second kappa shape index (κ2) is 3.05. The molecule has 0 unspecified atom stereocenters. The molecule has 1 aliphatic heterocycles. The van der Waals surface area contributed by atoms with Crippen molar-refractivity contribution in [1.82, 2.24) is 0 Å². The molecule has 0 fully saturated rings. The number of rotatable bonds is 1. The van der Waals surface area contributed by atoms with Crippen LogP contribution in [0.5, 0.6) is 5.75 Å². The summed E-state index contributed by atoms with van der Waals surface area (Å²) in [6, 6.07) is 3.45. The lowest BCUT2D eigenvalue weighted by Crippen LogP contribution is -1.87. The first-order valence-corrected chi connectivity index (χ1v) is 4.93. The van der Waals surface area contributed by atoms with Crippen LogP contribution in [0.15, 0.2) is 12.1 Å². The largest absolute Gasteiger partial charge is 0.493 e. The molecule has 1 aromatic carbocycles. The molecule has 0 N–H and O–H groups in total. The average molecular weight is 231 g/mol. The van der Waals surface area contributed by atoms with E-state index < -0.39 is 0 Å². The van der Waals surface area contributed by atoms with Gasteiger partial charge >= 0.3 is 0 Å². The van der Waals surface area contributed by atoms with Crippen LogP contribution in [0.4, 0.5) is 4.39 Å². The Kier molecular flexibility index (Phi) is 2.05. The zero-order valence-electron chi connectivity index (χ0n) is 6.44. The van der Waals surface area contributed by atoms with Gasteiger partial charge in [0, 0.05) is 17.3 Å². The van der Waals surface area contributed by atoms with Crippen molar-refractivity contribution in [3.05, 3.63) is 29.1 Å². The Morgan fingerprint density at radius 2 is 2.33 bits per heavy atom. The van der Waals surface area contributed by atoms with Crippen LogP contribution in [0.3, 0.4) is 0 Å². The van der Waals surface area contributed by atoms with Gasteiger partial charge in [0.1, 0.15) is 11.6 Å². The van der Waals surface area contributed by atoms with Crippen molar-refractivity contribution in [2.75, 3.05) is 6.61 Å². The Morgan fingerprint density at radius 1 is 1.50 bits per heavy atom. The molecule has 0 saturated heterocycles. The van der Waals surface area contributed by atoms with E-state index >= 15 is 0 Å². The summed E-state index contributed by atoms with van der Waals surface area (Å²) in [4.78, 5) is 0. The normalized spacial score (nSPS) is 14.2. The topological polar surface area (TPSA) is 9.23 Å². The van der Waals surface area contributed by atoms with Gasteiger partial charge in [-0.1, -0.05) is 15.9 Å². The van der Waals surface area contributed by atoms with Crippen molar-refractivity contribution < 1.29 is 9.13 Å². The van der Waals surface area contributed by atoms with Crippen LogP contribution < -0.4 is 4.74 Å². The van der Waals surface area contributed by atoms with E-state index in [2.05, 4.69) is 15.9 Å². The molecule has 1 aliphatic rings. The van der Waals surface area contributed by atoms with Crippen LogP contribution in [0.2, 0.25) is 0 Å². The Labute approximate surface area is 78.7 Å². The van der Waals surface area contributed by atoms with Crippen LogP contribution in [-0.4, -0.2) is 6.61 Å². The van der Waals surface area contributed by atoms with Crippen molar-refractivity contribution in [2.24, 2.45) is 0 Å². The predicted molar refractivity (Wildman–Crippen MR) is 48.2 cm³/mol. The Balaban J connectivity index is 2.51. The van der Waals surface area contributed by atoms with Gasteiger partial charge in [-0.15, -0.1) is 0 Å². The molecule has 1 heterocycles. The Bertz CT molecular complexity index is 312. The number of ether oxygens (including phenoxy) is 1. The van der Waals surface area contributed by atoms with Crippen molar-refractivity contribution >= 4 is 15.9 Å². The maximum absolute atomic E-state index is 13.2. The van der Waals surface area contributed by atoms with E-state index in [0.29, 0.717) is 24.1 Å². The zero-order valence-corrected chi connectivity index (χ0v) is 8.03. The van der Waals surface area contributed by atoms with Gasteiger partial charge in [0.25, 0.3) is 0 Å². The Hall–Kier alpha value is -0.570.